The van der Waals surface area contributed by atoms with Crippen LogP contribution < -0.4 is 0 Å². The van der Waals surface area contributed by atoms with Crippen molar-refractivity contribution in [2.75, 3.05) is 19.6 Å². The lowest BCUT2D eigenvalue weighted by atomic mass is 9.92. The number of rotatable bonds is 2. The molecule has 0 radical (unpaired) electrons. The van der Waals surface area contributed by atoms with Crippen molar-refractivity contribution in [2.45, 2.75) is 33.6 Å². The third kappa shape index (κ3) is 3.66. The molecule has 0 unspecified atom stereocenters. The summed E-state index contributed by atoms with van der Waals surface area (Å²) in [5.41, 5.74) is 0.264. The minimum absolute atomic E-state index is 0.147. The van der Waals surface area contributed by atoms with Crippen LogP contribution in [-0.4, -0.2) is 35.6 Å². The van der Waals surface area contributed by atoms with Gasteiger partial charge in [-0.15, -0.1) is 0 Å². The lowest BCUT2D eigenvalue weighted by Crippen LogP contribution is -2.42. The van der Waals surface area contributed by atoms with Gasteiger partial charge in [0.2, 0.25) is 0 Å². The lowest BCUT2D eigenvalue weighted by molar-refractivity contribution is -0.143. The number of likely N-dealkylation sites (tertiary alicyclic amines) is 1. The normalized spacial score (nSPS) is 24.9. The quantitative estimate of drug-likeness (QED) is 0.737. The van der Waals surface area contributed by atoms with Crippen molar-refractivity contribution in [2.24, 2.45) is 11.3 Å². The molecule has 1 aliphatic rings. The standard InChI is InChI=1S/C11H21NO2/c1-11(2,3)8-12-6-4-5-9(7-12)10(13)14/h9H,4-8H2,1-3H3,(H,13,14)/t9-/m0/s1. The van der Waals surface area contributed by atoms with E-state index in [-0.39, 0.29) is 11.3 Å². The number of aliphatic carboxylic acids is 1. The second kappa shape index (κ2) is 4.30. The molecule has 3 heteroatoms. The van der Waals surface area contributed by atoms with Crippen LogP contribution in [0.5, 0.6) is 0 Å². The summed E-state index contributed by atoms with van der Waals surface area (Å²) in [6.45, 7) is 9.36. The summed E-state index contributed by atoms with van der Waals surface area (Å²) in [6, 6.07) is 0. The summed E-state index contributed by atoms with van der Waals surface area (Å²) >= 11 is 0. The Kier molecular flexibility index (Phi) is 3.53. The first-order valence-electron chi connectivity index (χ1n) is 5.34. The molecule has 82 valence electrons. The third-order valence-electron chi connectivity index (χ3n) is 2.55. The van der Waals surface area contributed by atoms with Crippen LogP contribution >= 0.6 is 0 Å². The third-order valence-corrected chi connectivity index (χ3v) is 2.55. The minimum Gasteiger partial charge on any atom is -0.481 e. The first-order chi connectivity index (χ1) is 6.38. The van der Waals surface area contributed by atoms with E-state index in [0.717, 1.165) is 32.5 Å². The zero-order chi connectivity index (χ0) is 10.8. The molecule has 0 amide bonds. The smallest absolute Gasteiger partial charge is 0.307 e. The van der Waals surface area contributed by atoms with Gasteiger partial charge in [-0.3, -0.25) is 4.79 Å². The van der Waals surface area contributed by atoms with Crippen molar-refractivity contribution >= 4 is 5.97 Å². The monoisotopic (exact) mass is 199 g/mol. The highest BCUT2D eigenvalue weighted by Gasteiger charge is 2.27. The SMILES string of the molecule is CC(C)(C)CN1CCC[C@H](C(=O)O)C1. The van der Waals surface area contributed by atoms with Crippen molar-refractivity contribution in [3.05, 3.63) is 0 Å². The number of piperidine rings is 1. The Hall–Kier alpha value is -0.570. The molecule has 0 aliphatic carbocycles. The molecule has 1 rings (SSSR count). The van der Waals surface area contributed by atoms with Gasteiger partial charge < -0.3 is 10.0 Å². The maximum absolute atomic E-state index is 10.8. The van der Waals surface area contributed by atoms with Gasteiger partial charge in [0.05, 0.1) is 5.92 Å². The van der Waals surface area contributed by atoms with E-state index in [1.165, 1.54) is 0 Å². The summed E-state index contributed by atoms with van der Waals surface area (Å²) in [5, 5.41) is 8.93. The maximum Gasteiger partial charge on any atom is 0.307 e. The summed E-state index contributed by atoms with van der Waals surface area (Å²) in [7, 11) is 0. The van der Waals surface area contributed by atoms with E-state index in [9.17, 15) is 4.79 Å². The van der Waals surface area contributed by atoms with Crippen LogP contribution in [0.4, 0.5) is 0 Å². The first kappa shape index (κ1) is 11.5. The van der Waals surface area contributed by atoms with Gasteiger partial charge in [0.1, 0.15) is 0 Å². The fourth-order valence-corrected chi connectivity index (χ4v) is 2.07. The Balaban J connectivity index is 2.44. The summed E-state index contributed by atoms with van der Waals surface area (Å²) in [4.78, 5) is 13.1. The van der Waals surface area contributed by atoms with Gasteiger partial charge in [-0.05, 0) is 24.8 Å². The highest BCUT2D eigenvalue weighted by Crippen LogP contribution is 2.21. The topological polar surface area (TPSA) is 40.5 Å². The Bertz CT molecular complexity index is 208. The maximum atomic E-state index is 10.8. The van der Waals surface area contributed by atoms with E-state index in [1.54, 1.807) is 0 Å². The molecule has 1 heterocycles. The lowest BCUT2D eigenvalue weighted by Gasteiger charge is -2.35. The molecule has 0 saturated carbocycles. The molecule has 1 N–H and O–H groups in total. The number of carbonyl (C=O) groups is 1. The molecule has 1 fully saturated rings. The highest BCUT2D eigenvalue weighted by atomic mass is 16.4. The zero-order valence-electron chi connectivity index (χ0n) is 9.42. The number of hydrogen-bond donors (Lipinski definition) is 1. The molecule has 0 aromatic carbocycles. The average molecular weight is 199 g/mol. The fourth-order valence-electron chi connectivity index (χ4n) is 2.07. The van der Waals surface area contributed by atoms with Gasteiger partial charge in [0.15, 0.2) is 0 Å². The molecule has 14 heavy (non-hydrogen) atoms. The summed E-state index contributed by atoms with van der Waals surface area (Å²) in [6.07, 6.45) is 1.86. The van der Waals surface area contributed by atoms with Gasteiger partial charge in [0.25, 0.3) is 0 Å². The number of nitrogens with zero attached hydrogens (tertiary/aromatic N) is 1. The second-order valence-corrected chi connectivity index (χ2v) is 5.47. The van der Waals surface area contributed by atoms with Gasteiger partial charge in [-0.25, -0.2) is 0 Å². The van der Waals surface area contributed by atoms with E-state index >= 15 is 0 Å². The van der Waals surface area contributed by atoms with Crippen LogP contribution in [0.15, 0.2) is 0 Å². The first-order valence-corrected chi connectivity index (χ1v) is 5.34. The van der Waals surface area contributed by atoms with Crippen LogP contribution in [0.1, 0.15) is 33.6 Å². The van der Waals surface area contributed by atoms with Crippen LogP contribution in [0.25, 0.3) is 0 Å². The van der Waals surface area contributed by atoms with Crippen LogP contribution in [0, 0.1) is 11.3 Å². The molecular formula is C11H21NO2. The zero-order valence-corrected chi connectivity index (χ0v) is 9.42. The van der Waals surface area contributed by atoms with Crippen LogP contribution in [-0.2, 0) is 4.79 Å². The Morgan fingerprint density at radius 1 is 1.50 bits per heavy atom. The van der Waals surface area contributed by atoms with Gasteiger partial charge in [-0.1, -0.05) is 20.8 Å². The minimum atomic E-state index is -0.636. The van der Waals surface area contributed by atoms with Crippen molar-refractivity contribution in [1.29, 1.82) is 0 Å². The van der Waals surface area contributed by atoms with Crippen molar-refractivity contribution in [1.82, 2.24) is 4.90 Å². The number of hydrogen-bond acceptors (Lipinski definition) is 2. The predicted octanol–water partition coefficient (Wildman–Crippen LogP) is 1.83. The van der Waals surface area contributed by atoms with Crippen LogP contribution in [0.2, 0.25) is 0 Å². The predicted molar refractivity (Wildman–Crippen MR) is 56.3 cm³/mol. The molecule has 3 nitrogen and oxygen atoms in total. The van der Waals surface area contributed by atoms with E-state index in [4.69, 9.17) is 5.11 Å². The molecule has 0 aromatic rings. The highest BCUT2D eigenvalue weighted by molar-refractivity contribution is 5.70. The van der Waals surface area contributed by atoms with Crippen LogP contribution in [0.3, 0.4) is 0 Å². The van der Waals surface area contributed by atoms with Crippen molar-refractivity contribution < 1.29 is 9.90 Å². The molecule has 1 atom stereocenters. The largest absolute Gasteiger partial charge is 0.481 e. The second-order valence-electron chi connectivity index (χ2n) is 5.47. The number of carboxylic acids is 1. The van der Waals surface area contributed by atoms with E-state index < -0.39 is 5.97 Å². The fraction of sp³-hybridized carbons (Fsp3) is 0.909. The molecule has 1 aliphatic heterocycles. The molecule has 0 aromatic heterocycles. The molecule has 0 spiro atoms. The summed E-state index contributed by atoms with van der Waals surface area (Å²) < 4.78 is 0. The van der Waals surface area contributed by atoms with Gasteiger partial charge >= 0.3 is 5.97 Å². The number of carboxylic acid groups (broad SMARTS) is 1. The van der Waals surface area contributed by atoms with E-state index in [0.29, 0.717) is 0 Å². The molecular weight excluding hydrogens is 178 g/mol. The average Bonchev–Trinajstić information content (AvgIpc) is 2.01. The van der Waals surface area contributed by atoms with E-state index in [2.05, 4.69) is 25.7 Å². The van der Waals surface area contributed by atoms with E-state index in [1.807, 2.05) is 0 Å². The van der Waals surface area contributed by atoms with Crippen molar-refractivity contribution in [3.63, 3.8) is 0 Å². The molecule has 0 bridgehead atoms. The Morgan fingerprint density at radius 2 is 2.14 bits per heavy atom. The Labute approximate surface area is 86.1 Å². The summed E-state index contributed by atoms with van der Waals surface area (Å²) in [5.74, 6) is -0.783. The molecule has 1 saturated heterocycles. The van der Waals surface area contributed by atoms with Crippen molar-refractivity contribution in [3.8, 4) is 0 Å². The van der Waals surface area contributed by atoms with Gasteiger partial charge in [-0.2, -0.15) is 0 Å². The Morgan fingerprint density at radius 3 is 2.64 bits per heavy atom. The van der Waals surface area contributed by atoms with Gasteiger partial charge in [0, 0.05) is 13.1 Å².